The Hall–Kier alpha value is -3.55. The van der Waals surface area contributed by atoms with Gasteiger partial charge in [-0.3, -0.25) is 9.59 Å². The second-order valence-electron chi connectivity index (χ2n) is 6.34. The van der Waals surface area contributed by atoms with Crippen LogP contribution < -0.4 is 14.8 Å². The van der Waals surface area contributed by atoms with E-state index in [0.29, 0.717) is 22.8 Å². The number of nitrogens with zero attached hydrogens (tertiary/aromatic N) is 1. The second kappa shape index (κ2) is 7.59. The van der Waals surface area contributed by atoms with Crippen molar-refractivity contribution in [3.63, 3.8) is 0 Å². The molecule has 0 spiro atoms. The van der Waals surface area contributed by atoms with E-state index in [2.05, 4.69) is 10.5 Å². The predicted octanol–water partition coefficient (Wildman–Crippen LogP) is 2.35. The van der Waals surface area contributed by atoms with E-state index in [1.807, 2.05) is 24.3 Å². The van der Waals surface area contributed by atoms with Gasteiger partial charge in [-0.05, 0) is 36.8 Å². The fourth-order valence-electron chi connectivity index (χ4n) is 2.88. The summed E-state index contributed by atoms with van der Waals surface area (Å²) >= 11 is 0. The number of carbonyl (C=O) groups is 2. The molecule has 28 heavy (non-hydrogen) atoms. The van der Waals surface area contributed by atoms with Gasteiger partial charge in [0.1, 0.15) is 5.69 Å². The number of carbonyl (C=O) groups excluding carboxylic acids is 2. The summed E-state index contributed by atoms with van der Waals surface area (Å²) in [6.07, 6.45) is -1.00. The molecule has 0 radical (unpaired) electrons. The van der Waals surface area contributed by atoms with Crippen molar-refractivity contribution < 1.29 is 28.3 Å². The molecule has 1 N–H and O–H groups in total. The molecule has 1 aromatic heterocycles. The van der Waals surface area contributed by atoms with Gasteiger partial charge in [0, 0.05) is 11.9 Å². The Morgan fingerprint density at radius 3 is 2.89 bits per heavy atom. The maximum absolute atomic E-state index is 12.2. The first-order valence-corrected chi connectivity index (χ1v) is 8.79. The van der Waals surface area contributed by atoms with Crippen LogP contribution in [0.1, 0.15) is 18.2 Å². The van der Waals surface area contributed by atoms with Gasteiger partial charge in [0.2, 0.25) is 6.79 Å². The topological polar surface area (TPSA) is 99.9 Å². The predicted molar refractivity (Wildman–Crippen MR) is 97.7 cm³/mol. The van der Waals surface area contributed by atoms with Crippen molar-refractivity contribution in [3.8, 4) is 11.5 Å². The molecular formula is C20H18N2O6. The fraction of sp³-hybridized carbons (Fsp3) is 0.250. The third kappa shape index (κ3) is 3.75. The maximum Gasteiger partial charge on any atom is 0.312 e. The van der Waals surface area contributed by atoms with E-state index in [1.165, 1.54) is 6.92 Å². The summed E-state index contributed by atoms with van der Waals surface area (Å²) in [6, 6.07) is 12.7. The Labute approximate surface area is 160 Å². The van der Waals surface area contributed by atoms with Gasteiger partial charge in [-0.1, -0.05) is 23.4 Å². The minimum absolute atomic E-state index is 0.0726. The molecule has 1 aliphatic rings. The van der Waals surface area contributed by atoms with Crippen LogP contribution in [0, 0.1) is 0 Å². The minimum atomic E-state index is -0.931. The zero-order valence-corrected chi connectivity index (χ0v) is 15.1. The number of benzene rings is 2. The van der Waals surface area contributed by atoms with Crippen LogP contribution in [0.25, 0.3) is 11.0 Å². The zero-order valence-electron chi connectivity index (χ0n) is 15.1. The minimum Gasteiger partial charge on any atom is -0.454 e. The Kier molecular flexibility index (Phi) is 4.84. The van der Waals surface area contributed by atoms with Gasteiger partial charge in [-0.15, -0.1) is 0 Å². The summed E-state index contributed by atoms with van der Waals surface area (Å²) in [5.74, 6) is 0.379. The average Bonchev–Trinajstić information content (AvgIpc) is 3.32. The zero-order chi connectivity index (χ0) is 19.5. The van der Waals surface area contributed by atoms with Crippen LogP contribution in [0.3, 0.4) is 0 Å². The third-order valence-electron chi connectivity index (χ3n) is 4.35. The van der Waals surface area contributed by atoms with E-state index in [4.69, 9.17) is 18.7 Å². The van der Waals surface area contributed by atoms with E-state index < -0.39 is 18.0 Å². The van der Waals surface area contributed by atoms with Crippen molar-refractivity contribution in [3.05, 3.63) is 53.7 Å². The quantitative estimate of drug-likeness (QED) is 0.653. The summed E-state index contributed by atoms with van der Waals surface area (Å²) in [4.78, 5) is 24.4. The molecule has 0 fully saturated rings. The molecule has 8 nitrogen and oxygen atoms in total. The van der Waals surface area contributed by atoms with Crippen molar-refractivity contribution >= 4 is 22.8 Å². The third-order valence-corrected chi connectivity index (χ3v) is 4.35. The van der Waals surface area contributed by atoms with E-state index in [0.717, 1.165) is 10.9 Å². The first kappa shape index (κ1) is 17.8. The van der Waals surface area contributed by atoms with Crippen LogP contribution in [0.5, 0.6) is 11.5 Å². The Bertz CT molecular complexity index is 1030. The van der Waals surface area contributed by atoms with Crippen LogP contribution in [0.15, 0.2) is 47.0 Å². The Morgan fingerprint density at radius 1 is 1.18 bits per heavy atom. The first-order chi connectivity index (χ1) is 13.6. The lowest BCUT2D eigenvalue weighted by Gasteiger charge is -2.13. The maximum atomic E-state index is 12.2. The van der Waals surface area contributed by atoms with Crippen LogP contribution >= 0.6 is 0 Å². The van der Waals surface area contributed by atoms with Gasteiger partial charge < -0.3 is 24.1 Å². The lowest BCUT2D eigenvalue weighted by atomic mass is 10.2. The van der Waals surface area contributed by atoms with Crippen molar-refractivity contribution in [1.82, 2.24) is 10.5 Å². The number of esters is 1. The molecule has 0 saturated carbocycles. The highest BCUT2D eigenvalue weighted by Crippen LogP contribution is 2.32. The van der Waals surface area contributed by atoms with Gasteiger partial charge in [0.25, 0.3) is 5.91 Å². The molecule has 144 valence electrons. The fourth-order valence-corrected chi connectivity index (χ4v) is 2.88. The van der Waals surface area contributed by atoms with Gasteiger partial charge in [-0.25, -0.2) is 0 Å². The summed E-state index contributed by atoms with van der Waals surface area (Å²) < 4.78 is 20.9. The molecule has 1 aliphatic heterocycles. The summed E-state index contributed by atoms with van der Waals surface area (Å²) in [5.41, 5.74) is 1.93. The number of amides is 1. The van der Waals surface area contributed by atoms with Crippen molar-refractivity contribution in [2.45, 2.75) is 26.0 Å². The van der Waals surface area contributed by atoms with Crippen molar-refractivity contribution in [1.29, 1.82) is 0 Å². The number of aromatic nitrogens is 1. The number of ether oxygens (including phenoxy) is 3. The molecule has 3 aromatic rings. The van der Waals surface area contributed by atoms with Gasteiger partial charge in [0.15, 0.2) is 23.2 Å². The SMILES string of the molecule is C[C@@H](OC(=O)Cc1noc2ccccc12)C(=O)NCc1ccc2c(c1)OCO2. The number of hydrogen-bond donors (Lipinski definition) is 1. The molecule has 2 aromatic carbocycles. The van der Waals surface area contributed by atoms with E-state index in [9.17, 15) is 9.59 Å². The largest absolute Gasteiger partial charge is 0.454 e. The summed E-state index contributed by atoms with van der Waals surface area (Å²) in [7, 11) is 0. The molecule has 0 aliphatic carbocycles. The highest BCUT2D eigenvalue weighted by atomic mass is 16.7. The second-order valence-corrected chi connectivity index (χ2v) is 6.34. The van der Waals surface area contributed by atoms with Crippen molar-refractivity contribution in [2.24, 2.45) is 0 Å². The van der Waals surface area contributed by atoms with Gasteiger partial charge in [0.05, 0.1) is 6.42 Å². The van der Waals surface area contributed by atoms with Gasteiger partial charge in [-0.2, -0.15) is 0 Å². The van der Waals surface area contributed by atoms with Crippen LogP contribution in [0.2, 0.25) is 0 Å². The number of fused-ring (bicyclic) bond motifs is 2. The molecule has 8 heteroatoms. The molecule has 1 amide bonds. The lowest BCUT2D eigenvalue weighted by Crippen LogP contribution is -2.35. The molecule has 0 saturated heterocycles. The average molecular weight is 382 g/mol. The highest BCUT2D eigenvalue weighted by Gasteiger charge is 2.20. The van der Waals surface area contributed by atoms with Crippen LogP contribution in [-0.2, 0) is 27.3 Å². The van der Waals surface area contributed by atoms with Gasteiger partial charge >= 0.3 is 5.97 Å². The Morgan fingerprint density at radius 2 is 2.00 bits per heavy atom. The first-order valence-electron chi connectivity index (χ1n) is 8.79. The molecule has 0 unspecified atom stereocenters. The number of rotatable bonds is 6. The molecule has 2 heterocycles. The highest BCUT2D eigenvalue weighted by molar-refractivity contribution is 5.86. The monoisotopic (exact) mass is 382 g/mol. The van der Waals surface area contributed by atoms with Crippen LogP contribution in [-0.4, -0.2) is 29.9 Å². The normalized spacial score (nSPS) is 13.3. The molecule has 4 rings (SSSR count). The number of hydrogen-bond acceptors (Lipinski definition) is 7. The number of para-hydroxylation sites is 1. The van der Waals surface area contributed by atoms with E-state index in [-0.39, 0.29) is 19.8 Å². The summed E-state index contributed by atoms with van der Waals surface area (Å²) in [5, 5.41) is 7.38. The standard InChI is InChI=1S/C20H18N2O6/c1-12(20(24)21-10-13-6-7-17-18(8-13)26-11-25-17)27-19(23)9-15-14-4-2-3-5-16(14)28-22-15/h2-8,12H,9-11H2,1H3,(H,21,24)/t12-/m1/s1. The molecule has 0 bridgehead atoms. The summed E-state index contributed by atoms with van der Waals surface area (Å²) in [6.45, 7) is 2.00. The Balaban J connectivity index is 1.29. The lowest BCUT2D eigenvalue weighted by molar-refractivity contribution is -0.154. The molecular weight excluding hydrogens is 364 g/mol. The van der Waals surface area contributed by atoms with Crippen molar-refractivity contribution in [2.75, 3.05) is 6.79 Å². The number of nitrogens with one attached hydrogen (secondary N) is 1. The smallest absolute Gasteiger partial charge is 0.312 e. The van der Waals surface area contributed by atoms with E-state index in [1.54, 1.807) is 18.2 Å². The van der Waals surface area contributed by atoms with Crippen LogP contribution in [0.4, 0.5) is 0 Å². The molecule has 1 atom stereocenters. The van der Waals surface area contributed by atoms with E-state index >= 15 is 0 Å².